The number of benzene rings is 2. The van der Waals surface area contributed by atoms with Gasteiger partial charge in [0.25, 0.3) is 29.5 Å². The third-order valence-electron chi connectivity index (χ3n) is 9.08. The van der Waals surface area contributed by atoms with Crippen LogP contribution >= 0.6 is 136 Å². The Labute approximate surface area is 454 Å². The van der Waals surface area contributed by atoms with Crippen molar-refractivity contribution in [3.05, 3.63) is 43.7 Å². The minimum atomic E-state index is -1.85. The summed E-state index contributed by atoms with van der Waals surface area (Å²) < 4.78 is 0.968. The van der Waals surface area contributed by atoms with Gasteiger partial charge >= 0.3 is 0 Å². The van der Waals surface area contributed by atoms with E-state index in [1.165, 1.54) is 11.9 Å². The van der Waals surface area contributed by atoms with Crippen molar-refractivity contribution in [2.45, 2.75) is 30.8 Å². The Morgan fingerprint density at radius 3 is 1.26 bits per heavy atom. The first kappa shape index (κ1) is 60.5. The molecule has 2 aromatic carbocycles. The van der Waals surface area contributed by atoms with Crippen LogP contribution in [-0.4, -0.2) is 218 Å². The number of halogens is 6. The number of carbonyl (C=O) groups excluding carboxylic acids is 6. The van der Waals surface area contributed by atoms with E-state index in [1.54, 1.807) is 136 Å². The van der Waals surface area contributed by atoms with Gasteiger partial charge in [-0.1, -0.05) is 0 Å². The van der Waals surface area contributed by atoms with E-state index in [2.05, 4.69) is 16.0 Å². The standard InChI is InChI=1S/C37H48I6N6O16/c1-47(35(63)22-26(39)24(37(65)49(6-8-51)11-17(57)13-53)30(43)32(28(22)41)46-34(62)20(60)15-55)4-2-3-44-9-18(58)21-25(38)23(36(64)48(5-7-50)10-16(56)12-52)29(42)31(27(21)40)45-33(61)19(59)14-54/h16-17,19-20,44,50-57,59-60H,2-15H2,1H3,(H,45,61)(H,46,62). The first-order valence-electron chi connectivity index (χ1n) is 19.1. The normalized spacial score (nSPS) is 13.1. The summed E-state index contributed by atoms with van der Waals surface area (Å²) in [6.45, 7) is -5.61. The lowest BCUT2D eigenvalue weighted by atomic mass is 10.0. The van der Waals surface area contributed by atoms with E-state index in [0.29, 0.717) is 0 Å². The molecule has 4 unspecified atom stereocenters. The van der Waals surface area contributed by atoms with Gasteiger partial charge in [-0.25, -0.2) is 0 Å². The fourth-order valence-corrected chi connectivity index (χ4v) is 14.5. The van der Waals surface area contributed by atoms with Crippen LogP contribution in [0.4, 0.5) is 11.4 Å². The number of aliphatic hydroxyl groups excluding tert-OH is 10. The fraction of sp³-hybridized carbons (Fsp3) is 0.514. The molecule has 0 saturated heterocycles. The Morgan fingerprint density at radius 2 is 0.892 bits per heavy atom. The van der Waals surface area contributed by atoms with Crippen LogP contribution in [0.5, 0.6) is 0 Å². The van der Waals surface area contributed by atoms with Crippen molar-refractivity contribution >= 4 is 182 Å². The van der Waals surface area contributed by atoms with E-state index in [4.69, 9.17) is 0 Å². The molecule has 0 saturated carbocycles. The zero-order valence-corrected chi connectivity index (χ0v) is 47.2. The summed E-state index contributed by atoms with van der Waals surface area (Å²) in [5.41, 5.74) is -0.242. The molecule has 5 amide bonds. The molecule has 2 aromatic rings. The molecule has 22 nitrogen and oxygen atoms in total. The van der Waals surface area contributed by atoms with Crippen molar-refractivity contribution in [3.8, 4) is 0 Å². The number of aliphatic hydroxyl groups is 10. The van der Waals surface area contributed by atoms with Crippen LogP contribution in [0.15, 0.2) is 0 Å². The van der Waals surface area contributed by atoms with Crippen LogP contribution in [0.1, 0.15) is 47.9 Å². The van der Waals surface area contributed by atoms with Gasteiger partial charge in [-0.3, -0.25) is 28.8 Å². The lowest BCUT2D eigenvalue weighted by Gasteiger charge is -2.27. The lowest BCUT2D eigenvalue weighted by molar-refractivity contribution is -0.126. The number of anilines is 2. The highest BCUT2D eigenvalue weighted by molar-refractivity contribution is 14.1. The summed E-state index contributed by atoms with van der Waals surface area (Å²) in [4.78, 5) is 85.0. The van der Waals surface area contributed by atoms with Gasteiger partial charge in [-0.2, -0.15) is 0 Å². The molecule has 2 rings (SSSR count). The average Bonchev–Trinajstić information content (AvgIpc) is 3.27. The molecule has 0 spiro atoms. The number of rotatable bonds is 26. The predicted octanol–water partition coefficient (Wildman–Crippen LogP) is -1.59. The van der Waals surface area contributed by atoms with Crippen molar-refractivity contribution in [2.75, 3.05) is 103 Å². The molecule has 13 N–H and O–H groups in total. The summed E-state index contributed by atoms with van der Waals surface area (Å²) in [6.07, 6.45) is -6.16. The Hall–Kier alpha value is -0.600. The summed E-state index contributed by atoms with van der Waals surface area (Å²) in [6, 6.07) is 0. The van der Waals surface area contributed by atoms with Crippen LogP contribution in [0.25, 0.3) is 0 Å². The number of ketones is 1. The molecular formula is C37H48I6N6O16. The number of hydrogen-bond acceptors (Lipinski definition) is 17. The highest BCUT2D eigenvalue weighted by Gasteiger charge is 2.34. The number of carbonyl (C=O) groups is 6. The number of hydrogen-bond donors (Lipinski definition) is 13. The van der Waals surface area contributed by atoms with Crippen molar-refractivity contribution in [1.82, 2.24) is 20.0 Å². The molecule has 0 aromatic heterocycles. The molecule has 0 aliphatic carbocycles. The lowest BCUT2D eigenvalue weighted by Crippen LogP contribution is -2.42. The molecule has 65 heavy (non-hydrogen) atoms. The number of nitrogens with zero attached hydrogens (tertiary/aromatic N) is 3. The Kier molecular flexibility index (Phi) is 27.5. The maximum Gasteiger partial charge on any atom is 0.256 e. The summed E-state index contributed by atoms with van der Waals surface area (Å²) in [7, 11) is 1.47. The van der Waals surface area contributed by atoms with Crippen LogP contribution in [0, 0.1) is 21.4 Å². The van der Waals surface area contributed by atoms with Gasteiger partial charge in [0.05, 0.1) is 97.2 Å². The molecular weight excluding hydrogens is 1550 g/mol. The monoisotopic (exact) mass is 1590 g/mol. The Balaban J connectivity index is 2.48. The van der Waals surface area contributed by atoms with Gasteiger partial charge in [0.2, 0.25) is 0 Å². The molecule has 364 valence electrons. The van der Waals surface area contributed by atoms with Gasteiger partial charge in [-0.05, 0) is 149 Å². The van der Waals surface area contributed by atoms with E-state index < -0.39 is 99.4 Å². The number of nitrogens with one attached hydrogen (secondary N) is 3. The zero-order chi connectivity index (χ0) is 49.5. The summed E-state index contributed by atoms with van der Waals surface area (Å²) in [5, 5.41) is 105. The van der Waals surface area contributed by atoms with E-state index in [0.717, 1.165) is 9.80 Å². The van der Waals surface area contributed by atoms with E-state index in [1.807, 2.05) is 0 Å². The van der Waals surface area contributed by atoms with Crippen LogP contribution in [-0.2, 0) is 9.59 Å². The average molecular weight is 1590 g/mol. The van der Waals surface area contributed by atoms with Crippen molar-refractivity contribution < 1.29 is 79.8 Å². The summed E-state index contributed by atoms with van der Waals surface area (Å²) >= 11 is 10.8. The molecule has 0 fully saturated rings. The second-order valence-electron chi connectivity index (χ2n) is 13.8. The van der Waals surface area contributed by atoms with Gasteiger partial charge in [0.15, 0.2) is 18.0 Å². The van der Waals surface area contributed by atoms with Crippen LogP contribution < -0.4 is 16.0 Å². The van der Waals surface area contributed by atoms with E-state index >= 15 is 0 Å². The zero-order valence-electron chi connectivity index (χ0n) is 34.2. The third kappa shape index (κ3) is 16.2. The second-order valence-corrected chi connectivity index (χ2v) is 20.3. The Bertz CT molecular complexity index is 2060. The first-order chi connectivity index (χ1) is 30.6. The SMILES string of the molecule is CN(CCCNCC(=O)c1c(I)c(NC(=O)C(O)CO)c(I)c(C(=O)N(CCO)CC(O)CO)c1I)C(=O)c1c(I)c(NC(=O)C(O)CO)c(I)c(C(=O)N(CCO)CC(O)CO)c1I. The van der Waals surface area contributed by atoms with Crippen LogP contribution in [0.2, 0.25) is 0 Å². The highest BCUT2D eigenvalue weighted by atomic mass is 127. The second kappa shape index (κ2) is 29.6. The number of Topliss-reactive ketones (excluding diaryl/α,β-unsaturated/α-hetero) is 1. The topological polar surface area (TPSA) is 351 Å². The Morgan fingerprint density at radius 1 is 0.523 bits per heavy atom. The van der Waals surface area contributed by atoms with Gasteiger partial charge < -0.3 is 81.7 Å². The predicted molar refractivity (Wildman–Crippen MR) is 284 cm³/mol. The largest absolute Gasteiger partial charge is 0.395 e. The quantitative estimate of drug-likeness (QED) is 0.0287. The van der Waals surface area contributed by atoms with E-state index in [-0.39, 0.29) is 107 Å². The minimum absolute atomic E-state index is 0.00115. The van der Waals surface area contributed by atoms with E-state index in [9.17, 15) is 79.8 Å². The highest BCUT2D eigenvalue weighted by Crippen LogP contribution is 2.38. The minimum Gasteiger partial charge on any atom is -0.395 e. The van der Waals surface area contributed by atoms with Gasteiger partial charge in [0, 0.05) is 56.0 Å². The molecule has 0 radical (unpaired) electrons. The maximum atomic E-state index is 14.2. The van der Waals surface area contributed by atoms with Crippen molar-refractivity contribution in [2.24, 2.45) is 0 Å². The first-order valence-corrected chi connectivity index (χ1v) is 25.5. The molecule has 0 bridgehead atoms. The number of amides is 5. The summed E-state index contributed by atoms with van der Waals surface area (Å²) in [5.74, 6) is -4.71. The van der Waals surface area contributed by atoms with Gasteiger partial charge in [-0.15, -0.1) is 0 Å². The molecule has 0 aliphatic heterocycles. The molecule has 4 atom stereocenters. The smallest absolute Gasteiger partial charge is 0.256 e. The van der Waals surface area contributed by atoms with Gasteiger partial charge in [0.1, 0.15) is 0 Å². The fourth-order valence-electron chi connectivity index (χ4n) is 5.69. The molecule has 0 aliphatic rings. The third-order valence-corrected chi connectivity index (χ3v) is 15.6. The molecule has 28 heteroatoms. The maximum absolute atomic E-state index is 14.2. The molecule has 0 heterocycles. The van der Waals surface area contributed by atoms with Crippen molar-refractivity contribution in [3.63, 3.8) is 0 Å². The van der Waals surface area contributed by atoms with Crippen molar-refractivity contribution in [1.29, 1.82) is 0 Å². The van der Waals surface area contributed by atoms with Crippen LogP contribution in [0.3, 0.4) is 0 Å².